The van der Waals surface area contributed by atoms with Gasteiger partial charge in [0.25, 0.3) is 6.01 Å². The van der Waals surface area contributed by atoms with Crippen molar-refractivity contribution in [1.82, 2.24) is 9.55 Å². The van der Waals surface area contributed by atoms with Crippen molar-refractivity contribution in [2.75, 3.05) is 7.11 Å². The predicted molar refractivity (Wildman–Crippen MR) is 46.6 cm³/mol. The predicted octanol–water partition coefficient (Wildman–Crippen LogP) is 0.375. The number of ether oxygens (including phenoxy) is 1. The summed E-state index contributed by atoms with van der Waals surface area (Å²) in [4.78, 5) is 3.91. The van der Waals surface area contributed by atoms with Crippen LogP contribution in [0, 0.1) is 0 Å². The lowest BCUT2D eigenvalue weighted by Gasteiger charge is -1.98. The quantitative estimate of drug-likeness (QED) is 0.415. The molecule has 66 valence electrons. The molecule has 0 fully saturated rings. The van der Waals surface area contributed by atoms with Gasteiger partial charge < -0.3 is 10.6 Å². The molecule has 0 unspecified atom stereocenters. The molecule has 0 amide bonds. The zero-order valence-corrected chi connectivity index (χ0v) is 7.54. The molecule has 2 N–H and O–H groups in total. The number of hydrogen-bond donors (Lipinski definition) is 1. The number of aromatic nitrogens is 2. The van der Waals surface area contributed by atoms with Crippen molar-refractivity contribution in [2.45, 2.75) is 0 Å². The van der Waals surface area contributed by atoms with Gasteiger partial charge in [0.2, 0.25) is 0 Å². The minimum absolute atomic E-state index is 0.323. The molecule has 1 rings (SSSR count). The Morgan fingerprint density at radius 1 is 1.75 bits per heavy atom. The maximum Gasteiger partial charge on any atom is 0.297 e. The number of methoxy groups -OCH3 is 1. The van der Waals surface area contributed by atoms with Crippen LogP contribution in [0.3, 0.4) is 0 Å². The number of hydrazone groups is 1. The van der Waals surface area contributed by atoms with E-state index in [-0.39, 0.29) is 0 Å². The molecular weight excluding hydrogens is 180 g/mol. The van der Waals surface area contributed by atoms with E-state index in [4.69, 9.17) is 22.2 Å². The molecule has 5 nitrogen and oxygen atoms in total. The molecule has 0 saturated heterocycles. The van der Waals surface area contributed by atoms with Crippen molar-refractivity contribution >= 4 is 17.8 Å². The fraction of sp³-hybridized carbons (Fsp3) is 0.333. The zero-order valence-electron chi connectivity index (χ0n) is 6.78. The average molecular weight is 189 g/mol. The Kier molecular flexibility index (Phi) is 2.54. The Morgan fingerprint density at radius 3 is 2.83 bits per heavy atom. The minimum Gasteiger partial charge on any atom is -0.468 e. The van der Waals surface area contributed by atoms with Crippen LogP contribution in [0.25, 0.3) is 0 Å². The second-order valence-electron chi connectivity index (χ2n) is 2.11. The number of nitrogens with zero attached hydrogens (tertiary/aromatic N) is 3. The van der Waals surface area contributed by atoms with Crippen LogP contribution in [0.5, 0.6) is 6.01 Å². The fourth-order valence-corrected chi connectivity index (χ4v) is 1.10. The highest BCUT2D eigenvalue weighted by Gasteiger charge is 2.10. The van der Waals surface area contributed by atoms with Gasteiger partial charge in [0.05, 0.1) is 13.3 Å². The molecule has 1 heterocycles. The normalized spacial score (nSPS) is 10.9. The lowest BCUT2D eigenvalue weighted by atomic mass is 10.5. The van der Waals surface area contributed by atoms with Gasteiger partial charge in [0.1, 0.15) is 5.69 Å². The van der Waals surface area contributed by atoms with E-state index in [0.717, 1.165) is 0 Å². The third-order valence-corrected chi connectivity index (χ3v) is 1.71. The standard InChI is InChI=1S/C6H9ClN4O/c1-11-4(3-9-8)5(7)10-6(11)12-2/h3H,8H2,1-2H3/b9-3+. The van der Waals surface area contributed by atoms with Crippen LogP contribution in [-0.2, 0) is 7.05 Å². The molecule has 12 heavy (non-hydrogen) atoms. The molecule has 0 radical (unpaired) electrons. The molecular formula is C6H9ClN4O. The summed E-state index contributed by atoms with van der Waals surface area (Å²) in [6.07, 6.45) is 1.41. The van der Waals surface area contributed by atoms with Crippen molar-refractivity contribution in [2.24, 2.45) is 18.0 Å². The van der Waals surface area contributed by atoms with Crippen LogP contribution in [0.1, 0.15) is 5.69 Å². The first-order valence-electron chi connectivity index (χ1n) is 3.20. The molecule has 0 aliphatic rings. The molecule has 0 aliphatic heterocycles. The van der Waals surface area contributed by atoms with Crippen molar-refractivity contribution in [3.8, 4) is 6.01 Å². The Labute approximate surface area is 74.8 Å². The van der Waals surface area contributed by atoms with Crippen LogP contribution in [0.4, 0.5) is 0 Å². The van der Waals surface area contributed by atoms with Crippen LogP contribution in [0.15, 0.2) is 5.10 Å². The summed E-state index contributed by atoms with van der Waals surface area (Å²) in [5.41, 5.74) is 0.621. The number of imidazole rings is 1. The van der Waals surface area contributed by atoms with E-state index in [9.17, 15) is 0 Å². The molecule has 0 bridgehead atoms. The Morgan fingerprint density at radius 2 is 2.42 bits per heavy atom. The lowest BCUT2D eigenvalue weighted by molar-refractivity contribution is 0.366. The van der Waals surface area contributed by atoms with E-state index in [1.807, 2.05) is 0 Å². The van der Waals surface area contributed by atoms with Gasteiger partial charge in [0.15, 0.2) is 5.15 Å². The topological polar surface area (TPSA) is 65.4 Å². The molecule has 0 saturated carbocycles. The van der Waals surface area contributed by atoms with E-state index < -0.39 is 0 Å². The van der Waals surface area contributed by atoms with E-state index >= 15 is 0 Å². The summed E-state index contributed by atoms with van der Waals surface area (Å²) < 4.78 is 6.57. The Bertz CT molecular complexity index is 307. The molecule has 0 spiro atoms. The molecule has 1 aromatic heterocycles. The fourth-order valence-electron chi connectivity index (χ4n) is 0.851. The van der Waals surface area contributed by atoms with Gasteiger partial charge in [-0.2, -0.15) is 10.1 Å². The highest BCUT2D eigenvalue weighted by molar-refractivity contribution is 6.31. The largest absolute Gasteiger partial charge is 0.468 e. The van der Waals surface area contributed by atoms with Gasteiger partial charge in [0, 0.05) is 7.05 Å². The van der Waals surface area contributed by atoms with Gasteiger partial charge in [-0.1, -0.05) is 11.6 Å². The summed E-state index contributed by atoms with van der Waals surface area (Å²) >= 11 is 5.75. The third kappa shape index (κ3) is 1.35. The first-order valence-corrected chi connectivity index (χ1v) is 3.58. The molecule has 6 heteroatoms. The van der Waals surface area contributed by atoms with Gasteiger partial charge in [-0.05, 0) is 0 Å². The Balaban J connectivity index is 3.18. The zero-order chi connectivity index (χ0) is 9.14. The number of halogens is 1. The van der Waals surface area contributed by atoms with Gasteiger partial charge in [-0.3, -0.25) is 4.57 Å². The van der Waals surface area contributed by atoms with Crippen LogP contribution >= 0.6 is 11.6 Å². The minimum atomic E-state index is 0.323. The molecule has 1 aromatic rings. The number of nitrogens with two attached hydrogens (primary N) is 1. The third-order valence-electron chi connectivity index (χ3n) is 1.43. The second kappa shape index (κ2) is 3.44. The summed E-state index contributed by atoms with van der Waals surface area (Å²) in [7, 11) is 3.27. The molecule has 0 aromatic carbocycles. The summed E-state index contributed by atoms with van der Waals surface area (Å²) in [5, 5.41) is 3.67. The van der Waals surface area contributed by atoms with Gasteiger partial charge in [-0.15, -0.1) is 0 Å². The molecule has 0 atom stereocenters. The highest BCUT2D eigenvalue weighted by atomic mass is 35.5. The van der Waals surface area contributed by atoms with Crippen molar-refractivity contribution in [3.63, 3.8) is 0 Å². The van der Waals surface area contributed by atoms with E-state index in [0.29, 0.717) is 16.9 Å². The smallest absolute Gasteiger partial charge is 0.297 e. The number of hydrogen-bond acceptors (Lipinski definition) is 4. The van der Waals surface area contributed by atoms with E-state index in [2.05, 4.69) is 10.1 Å². The van der Waals surface area contributed by atoms with Crippen LogP contribution in [0.2, 0.25) is 5.15 Å². The molecule has 0 aliphatic carbocycles. The maximum absolute atomic E-state index is 5.75. The Hall–Kier alpha value is -1.23. The first-order chi connectivity index (χ1) is 5.70. The van der Waals surface area contributed by atoms with Gasteiger partial charge in [-0.25, -0.2) is 0 Å². The summed E-state index contributed by atoms with van der Waals surface area (Å²) in [6, 6.07) is 0.426. The van der Waals surface area contributed by atoms with Crippen molar-refractivity contribution < 1.29 is 4.74 Å². The van der Waals surface area contributed by atoms with Gasteiger partial charge >= 0.3 is 0 Å². The highest BCUT2D eigenvalue weighted by Crippen LogP contribution is 2.18. The second-order valence-corrected chi connectivity index (χ2v) is 2.47. The van der Waals surface area contributed by atoms with Crippen LogP contribution < -0.4 is 10.6 Å². The maximum atomic E-state index is 5.75. The summed E-state index contributed by atoms with van der Waals surface area (Å²) in [5.74, 6) is 4.98. The average Bonchev–Trinajstić information content (AvgIpc) is 2.32. The van der Waals surface area contributed by atoms with E-state index in [1.165, 1.54) is 13.3 Å². The van der Waals surface area contributed by atoms with Crippen molar-refractivity contribution in [1.29, 1.82) is 0 Å². The lowest BCUT2D eigenvalue weighted by Crippen LogP contribution is -1.99. The monoisotopic (exact) mass is 188 g/mol. The number of rotatable bonds is 2. The first kappa shape index (κ1) is 8.86. The van der Waals surface area contributed by atoms with E-state index in [1.54, 1.807) is 11.6 Å². The van der Waals surface area contributed by atoms with Crippen molar-refractivity contribution in [3.05, 3.63) is 10.8 Å². The summed E-state index contributed by atoms with van der Waals surface area (Å²) in [6.45, 7) is 0. The SMILES string of the molecule is COc1nc(Cl)c(/C=N/N)n1C. The van der Waals surface area contributed by atoms with Crippen LogP contribution in [-0.4, -0.2) is 22.9 Å².